The van der Waals surface area contributed by atoms with Crippen LogP contribution >= 0.6 is 0 Å². The summed E-state index contributed by atoms with van der Waals surface area (Å²) in [5.74, 6) is -0.711. The highest BCUT2D eigenvalue weighted by Crippen LogP contribution is 2.23. The number of nitrogens with one attached hydrogen (secondary N) is 1. The third-order valence-corrected chi connectivity index (χ3v) is 11.0. The molecular formula is C45H85NO10. The zero-order chi connectivity index (χ0) is 41.2. The quantitative estimate of drug-likeness (QED) is 0.0239. The van der Waals surface area contributed by atoms with E-state index in [1.165, 1.54) is 103 Å². The Bertz CT molecular complexity index is 965. The van der Waals surface area contributed by atoms with Gasteiger partial charge in [0.1, 0.15) is 36.6 Å². The van der Waals surface area contributed by atoms with E-state index in [4.69, 9.17) is 9.47 Å². The van der Waals surface area contributed by atoms with Crippen LogP contribution in [0.3, 0.4) is 0 Å². The molecule has 1 saturated heterocycles. The van der Waals surface area contributed by atoms with Gasteiger partial charge in [-0.1, -0.05) is 160 Å². The molecular weight excluding hydrogens is 714 g/mol. The first-order valence-corrected chi connectivity index (χ1v) is 22.7. The van der Waals surface area contributed by atoms with Crippen molar-refractivity contribution in [3.05, 3.63) is 24.3 Å². The van der Waals surface area contributed by atoms with Crippen LogP contribution in [0.4, 0.5) is 0 Å². The Hall–Kier alpha value is -1.41. The largest absolute Gasteiger partial charge is 0.394 e. The molecule has 0 spiro atoms. The molecule has 1 aliphatic rings. The SMILES string of the molecule is CCCCCCCCC/C=C/CC/C=C/CCCC(O)C(O)C(COC1OC(CO)C(O)C(O)C1O)NC(=O)C(O)CCCCCCCCCCCCCCC. The predicted molar refractivity (Wildman–Crippen MR) is 224 cm³/mol. The van der Waals surface area contributed by atoms with Gasteiger partial charge in [-0.25, -0.2) is 0 Å². The Balaban J connectivity index is 2.51. The molecule has 1 heterocycles. The number of hydrogen-bond donors (Lipinski definition) is 8. The lowest BCUT2D eigenvalue weighted by Crippen LogP contribution is -2.60. The van der Waals surface area contributed by atoms with Crippen LogP contribution in [0.2, 0.25) is 0 Å². The van der Waals surface area contributed by atoms with Gasteiger partial charge in [-0.3, -0.25) is 4.79 Å². The predicted octanol–water partition coefficient (Wildman–Crippen LogP) is 7.06. The highest BCUT2D eigenvalue weighted by molar-refractivity contribution is 5.80. The monoisotopic (exact) mass is 800 g/mol. The van der Waals surface area contributed by atoms with Crippen LogP contribution in [0.1, 0.15) is 187 Å². The molecule has 56 heavy (non-hydrogen) atoms. The molecule has 330 valence electrons. The molecule has 8 N–H and O–H groups in total. The normalized spacial score (nSPS) is 22.5. The van der Waals surface area contributed by atoms with Gasteiger partial charge >= 0.3 is 0 Å². The van der Waals surface area contributed by atoms with E-state index in [0.29, 0.717) is 19.3 Å². The topological polar surface area (TPSA) is 189 Å². The lowest BCUT2D eigenvalue weighted by molar-refractivity contribution is -0.303. The fraction of sp³-hybridized carbons (Fsp3) is 0.889. The molecule has 0 aromatic carbocycles. The summed E-state index contributed by atoms with van der Waals surface area (Å²) in [6.45, 7) is 3.40. The minimum absolute atomic E-state index is 0.248. The van der Waals surface area contributed by atoms with Gasteiger partial charge in [0.15, 0.2) is 6.29 Å². The first kappa shape index (κ1) is 52.6. The first-order valence-electron chi connectivity index (χ1n) is 22.7. The number of ether oxygens (including phenoxy) is 2. The molecule has 11 heteroatoms. The molecule has 0 saturated carbocycles. The second kappa shape index (κ2) is 35.5. The second-order valence-corrected chi connectivity index (χ2v) is 16.1. The summed E-state index contributed by atoms with van der Waals surface area (Å²) in [6, 6.07) is -1.19. The number of rotatable bonds is 37. The summed E-state index contributed by atoms with van der Waals surface area (Å²) in [4.78, 5) is 13.0. The molecule has 9 unspecified atom stereocenters. The summed E-state index contributed by atoms with van der Waals surface area (Å²) in [7, 11) is 0. The van der Waals surface area contributed by atoms with Crippen molar-refractivity contribution in [2.75, 3.05) is 13.2 Å². The van der Waals surface area contributed by atoms with Crippen LogP contribution in [-0.2, 0) is 14.3 Å². The maximum atomic E-state index is 13.0. The highest BCUT2D eigenvalue weighted by atomic mass is 16.7. The van der Waals surface area contributed by atoms with Crippen molar-refractivity contribution >= 4 is 5.91 Å². The van der Waals surface area contributed by atoms with Crippen LogP contribution < -0.4 is 5.32 Å². The zero-order valence-corrected chi connectivity index (χ0v) is 35.4. The van der Waals surface area contributed by atoms with Crippen molar-refractivity contribution < 1.29 is 50.0 Å². The van der Waals surface area contributed by atoms with E-state index < -0.39 is 74.2 Å². The molecule has 0 aromatic rings. The standard InChI is InChI=1S/C45H85NO10/c1-3-5-7-9-11-13-15-17-18-19-21-22-24-26-28-30-32-37(48)40(50)36(35-55-45-43(53)42(52)41(51)39(34-47)56-45)46-44(54)38(49)33-31-29-27-25-23-20-16-14-12-10-8-6-4-2/h18-19,24,26,36-43,45,47-53H,3-17,20-23,25,27-35H2,1-2H3,(H,46,54)/b19-18+,26-24+. The maximum Gasteiger partial charge on any atom is 0.249 e. The third kappa shape index (κ3) is 25.2. The molecule has 0 aliphatic carbocycles. The van der Waals surface area contributed by atoms with E-state index in [1.807, 2.05) is 0 Å². The highest BCUT2D eigenvalue weighted by Gasteiger charge is 2.44. The maximum absolute atomic E-state index is 13.0. The van der Waals surface area contributed by atoms with E-state index in [0.717, 1.165) is 38.5 Å². The smallest absolute Gasteiger partial charge is 0.249 e. The second-order valence-electron chi connectivity index (χ2n) is 16.1. The Morgan fingerprint density at radius 1 is 0.607 bits per heavy atom. The fourth-order valence-corrected chi connectivity index (χ4v) is 7.16. The van der Waals surface area contributed by atoms with Crippen molar-refractivity contribution in [2.45, 2.75) is 242 Å². The van der Waals surface area contributed by atoms with Crippen molar-refractivity contribution in [3.63, 3.8) is 0 Å². The molecule has 1 aliphatic heterocycles. The van der Waals surface area contributed by atoms with E-state index in [-0.39, 0.29) is 12.8 Å². The van der Waals surface area contributed by atoms with E-state index >= 15 is 0 Å². The van der Waals surface area contributed by atoms with Crippen molar-refractivity contribution in [1.82, 2.24) is 5.32 Å². The summed E-state index contributed by atoms with van der Waals surface area (Å²) >= 11 is 0. The van der Waals surface area contributed by atoms with Crippen molar-refractivity contribution in [2.24, 2.45) is 0 Å². The summed E-state index contributed by atoms with van der Waals surface area (Å²) < 4.78 is 11.1. The van der Waals surface area contributed by atoms with Crippen LogP contribution in [-0.4, -0.2) is 110 Å². The zero-order valence-electron chi connectivity index (χ0n) is 35.4. The fourth-order valence-electron chi connectivity index (χ4n) is 7.16. The molecule has 0 radical (unpaired) electrons. The molecule has 9 atom stereocenters. The molecule has 1 rings (SSSR count). The van der Waals surface area contributed by atoms with Gasteiger partial charge < -0.3 is 50.5 Å². The number of unbranched alkanes of at least 4 members (excludes halogenated alkanes) is 21. The van der Waals surface area contributed by atoms with Crippen LogP contribution in [0.15, 0.2) is 24.3 Å². The lowest BCUT2D eigenvalue weighted by atomic mass is 9.98. The Morgan fingerprint density at radius 2 is 1.07 bits per heavy atom. The van der Waals surface area contributed by atoms with Gasteiger partial charge in [-0.2, -0.15) is 0 Å². The number of aliphatic hydroxyl groups excluding tert-OH is 7. The van der Waals surface area contributed by atoms with E-state index in [1.54, 1.807) is 0 Å². The molecule has 1 amide bonds. The first-order chi connectivity index (χ1) is 27.2. The van der Waals surface area contributed by atoms with Gasteiger partial charge in [-0.15, -0.1) is 0 Å². The number of aliphatic hydroxyl groups is 7. The van der Waals surface area contributed by atoms with Crippen molar-refractivity contribution in [1.29, 1.82) is 0 Å². The number of amides is 1. The summed E-state index contributed by atoms with van der Waals surface area (Å²) in [6.07, 6.45) is 26.5. The van der Waals surface area contributed by atoms with Crippen LogP contribution in [0.25, 0.3) is 0 Å². The van der Waals surface area contributed by atoms with E-state index in [9.17, 15) is 40.5 Å². The van der Waals surface area contributed by atoms with Crippen molar-refractivity contribution in [3.8, 4) is 0 Å². The van der Waals surface area contributed by atoms with Crippen LogP contribution in [0, 0.1) is 0 Å². The molecule has 11 nitrogen and oxygen atoms in total. The Morgan fingerprint density at radius 3 is 1.59 bits per heavy atom. The summed E-state index contributed by atoms with van der Waals surface area (Å²) in [5.41, 5.74) is 0. The van der Waals surface area contributed by atoms with Gasteiger partial charge in [0.25, 0.3) is 0 Å². The summed E-state index contributed by atoms with van der Waals surface area (Å²) in [5, 5.41) is 75.5. The number of allylic oxidation sites excluding steroid dienone is 4. The third-order valence-electron chi connectivity index (χ3n) is 11.0. The van der Waals surface area contributed by atoms with E-state index in [2.05, 4.69) is 43.5 Å². The van der Waals surface area contributed by atoms with Gasteiger partial charge in [0.2, 0.25) is 5.91 Å². The number of carbonyl (C=O) groups excluding carboxylic acids is 1. The Labute approximate surface area is 340 Å². The van der Waals surface area contributed by atoms with Crippen LogP contribution in [0.5, 0.6) is 0 Å². The molecule has 0 aromatic heterocycles. The number of carbonyl (C=O) groups is 1. The van der Waals surface area contributed by atoms with Gasteiger partial charge in [0, 0.05) is 0 Å². The number of hydrogen-bond acceptors (Lipinski definition) is 10. The average Bonchev–Trinajstić information content (AvgIpc) is 3.20. The van der Waals surface area contributed by atoms with Gasteiger partial charge in [-0.05, 0) is 51.4 Å². The minimum atomic E-state index is -1.67. The molecule has 1 fully saturated rings. The molecule has 0 bridgehead atoms. The van der Waals surface area contributed by atoms with Gasteiger partial charge in [0.05, 0.1) is 25.4 Å². The lowest BCUT2D eigenvalue weighted by Gasteiger charge is -2.40. The average molecular weight is 800 g/mol. The minimum Gasteiger partial charge on any atom is -0.394 e. The Kier molecular flexibility index (Phi) is 33.4.